The van der Waals surface area contributed by atoms with Crippen LogP contribution in [0.2, 0.25) is 0 Å². The van der Waals surface area contributed by atoms with Gasteiger partial charge in [-0.25, -0.2) is 21.2 Å². The Balaban J connectivity index is 1.69. The lowest BCUT2D eigenvalue weighted by molar-refractivity contribution is 0.309. The van der Waals surface area contributed by atoms with Crippen LogP contribution < -0.4 is 0 Å². The topological polar surface area (TPSA) is 71.5 Å². The van der Waals surface area contributed by atoms with Gasteiger partial charge >= 0.3 is 0 Å². The molecule has 1 aliphatic heterocycles. The fraction of sp³-hybridized carbons (Fsp3) is 0.294. The van der Waals surface area contributed by atoms with E-state index in [-0.39, 0.29) is 23.7 Å². The van der Waals surface area contributed by atoms with Crippen LogP contribution in [0.4, 0.5) is 4.39 Å². The van der Waals surface area contributed by atoms with E-state index in [1.807, 2.05) is 13.0 Å². The molecule has 3 rings (SSSR count). The number of sulfonamides is 1. The van der Waals surface area contributed by atoms with Crippen molar-refractivity contribution >= 4 is 19.9 Å². The van der Waals surface area contributed by atoms with Crippen molar-refractivity contribution in [3.05, 3.63) is 65.5 Å². The average Bonchev–Trinajstić information content (AvgIpc) is 2.44. The van der Waals surface area contributed by atoms with Crippen LogP contribution in [0.5, 0.6) is 0 Å². The molecular formula is C17H18FNO4S2. The predicted octanol–water partition coefficient (Wildman–Crippen LogP) is 2.12. The Bertz CT molecular complexity index is 980. The van der Waals surface area contributed by atoms with E-state index in [0.29, 0.717) is 5.56 Å². The summed E-state index contributed by atoms with van der Waals surface area (Å²) in [6, 6.07) is 11.8. The largest absolute Gasteiger partial charge is 0.223 e. The van der Waals surface area contributed by atoms with Gasteiger partial charge in [-0.1, -0.05) is 29.8 Å². The second kappa shape index (κ2) is 6.51. The van der Waals surface area contributed by atoms with Crippen LogP contribution in [0.3, 0.4) is 0 Å². The van der Waals surface area contributed by atoms with Gasteiger partial charge in [-0.15, -0.1) is 0 Å². The normalized spacial score (nSPS) is 16.6. The highest BCUT2D eigenvalue weighted by Crippen LogP contribution is 2.27. The van der Waals surface area contributed by atoms with E-state index in [4.69, 9.17) is 0 Å². The molecule has 0 aliphatic carbocycles. The number of benzene rings is 2. The maximum atomic E-state index is 12.9. The highest BCUT2D eigenvalue weighted by molar-refractivity contribution is 7.92. The van der Waals surface area contributed by atoms with Crippen molar-refractivity contribution in [2.75, 3.05) is 13.1 Å². The fourth-order valence-corrected chi connectivity index (χ4v) is 6.18. The van der Waals surface area contributed by atoms with E-state index in [2.05, 4.69) is 0 Å². The number of sulfone groups is 1. The van der Waals surface area contributed by atoms with Gasteiger partial charge in [0.05, 0.1) is 15.9 Å². The number of halogens is 1. The molecule has 1 fully saturated rings. The molecule has 25 heavy (non-hydrogen) atoms. The van der Waals surface area contributed by atoms with Gasteiger partial charge in [-0.05, 0) is 36.8 Å². The smallest absolute Gasteiger partial charge is 0.218 e. The molecule has 0 saturated carbocycles. The molecule has 2 aromatic rings. The summed E-state index contributed by atoms with van der Waals surface area (Å²) in [4.78, 5) is 0.00892. The minimum Gasteiger partial charge on any atom is -0.223 e. The highest BCUT2D eigenvalue weighted by atomic mass is 32.2. The zero-order chi connectivity index (χ0) is 18.2. The molecule has 0 spiro atoms. The van der Waals surface area contributed by atoms with E-state index < -0.39 is 30.9 Å². The van der Waals surface area contributed by atoms with Gasteiger partial charge in [0, 0.05) is 13.1 Å². The van der Waals surface area contributed by atoms with Crippen LogP contribution in [0.1, 0.15) is 11.1 Å². The third kappa shape index (κ3) is 3.75. The second-order valence-corrected chi connectivity index (χ2v) is 10.4. The lowest BCUT2D eigenvalue weighted by Crippen LogP contribution is -2.56. The Labute approximate surface area is 147 Å². The van der Waals surface area contributed by atoms with Gasteiger partial charge in [-0.3, -0.25) is 0 Å². The van der Waals surface area contributed by atoms with Crippen molar-refractivity contribution < 1.29 is 21.2 Å². The molecule has 1 saturated heterocycles. The summed E-state index contributed by atoms with van der Waals surface area (Å²) in [5, 5.41) is -0.801. The molecule has 134 valence electrons. The van der Waals surface area contributed by atoms with Gasteiger partial charge in [0.2, 0.25) is 10.0 Å². The number of hydrogen-bond acceptors (Lipinski definition) is 4. The quantitative estimate of drug-likeness (QED) is 0.742. The average molecular weight is 383 g/mol. The molecule has 0 unspecified atom stereocenters. The molecule has 2 aromatic carbocycles. The van der Waals surface area contributed by atoms with Crippen LogP contribution in [-0.4, -0.2) is 39.5 Å². The fourth-order valence-electron chi connectivity index (χ4n) is 2.74. The van der Waals surface area contributed by atoms with Crippen molar-refractivity contribution in [1.82, 2.24) is 4.31 Å². The number of hydrogen-bond donors (Lipinski definition) is 0. The Hall–Kier alpha value is -1.77. The predicted molar refractivity (Wildman–Crippen MR) is 92.7 cm³/mol. The first-order valence-electron chi connectivity index (χ1n) is 7.71. The van der Waals surface area contributed by atoms with E-state index in [1.54, 1.807) is 18.2 Å². The zero-order valence-corrected chi connectivity index (χ0v) is 15.2. The molecular weight excluding hydrogens is 365 g/mol. The van der Waals surface area contributed by atoms with Crippen molar-refractivity contribution in [2.24, 2.45) is 0 Å². The van der Waals surface area contributed by atoms with Crippen molar-refractivity contribution in [1.29, 1.82) is 0 Å². The first-order chi connectivity index (χ1) is 11.7. The minimum absolute atomic E-state index is 0.00892. The Kier molecular flexibility index (Phi) is 4.70. The third-order valence-electron chi connectivity index (χ3n) is 4.22. The zero-order valence-electron chi connectivity index (χ0n) is 13.6. The Morgan fingerprint density at radius 3 is 2.28 bits per heavy atom. The summed E-state index contributed by atoms with van der Waals surface area (Å²) in [5.74, 6) is -0.673. The second-order valence-electron chi connectivity index (χ2n) is 6.18. The molecule has 0 radical (unpaired) electrons. The van der Waals surface area contributed by atoms with E-state index in [0.717, 1.165) is 17.7 Å². The molecule has 0 amide bonds. The monoisotopic (exact) mass is 383 g/mol. The van der Waals surface area contributed by atoms with Crippen molar-refractivity contribution in [3.8, 4) is 0 Å². The van der Waals surface area contributed by atoms with Crippen LogP contribution in [0.15, 0.2) is 53.4 Å². The van der Waals surface area contributed by atoms with Gasteiger partial charge in [0.25, 0.3) is 0 Å². The standard InChI is InChI=1S/C17H18FNO4S2/c1-13-3-2-4-14(9-13)12-24(20,21)19-10-17(11-19)25(22,23)16-7-5-15(18)6-8-16/h2-9,17H,10-12H2,1H3. The molecule has 5 nitrogen and oxygen atoms in total. The maximum Gasteiger partial charge on any atom is 0.218 e. The minimum atomic E-state index is -3.66. The summed E-state index contributed by atoms with van der Waals surface area (Å²) < 4.78 is 63.9. The van der Waals surface area contributed by atoms with Gasteiger partial charge in [0.1, 0.15) is 5.82 Å². The lowest BCUT2D eigenvalue weighted by Gasteiger charge is -2.37. The van der Waals surface area contributed by atoms with Gasteiger partial charge in [0.15, 0.2) is 9.84 Å². The molecule has 0 atom stereocenters. The summed E-state index contributed by atoms with van der Waals surface area (Å²) >= 11 is 0. The lowest BCUT2D eigenvalue weighted by atomic mass is 10.2. The van der Waals surface area contributed by atoms with Crippen molar-refractivity contribution in [2.45, 2.75) is 22.8 Å². The highest BCUT2D eigenvalue weighted by Gasteiger charge is 2.43. The van der Waals surface area contributed by atoms with E-state index >= 15 is 0 Å². The van der Waals surface area contributed by atoms with E-state index in [1.165, 1.54) is 16.4 Å². The summed E-state index contributed by atoms with van der Waals surface area (Å²) in [5.41, 5.74) is 1.64. The van der Waals surface area contributed by atoms with Gasteiger partial charge < -0.3 is 0 Å². The number of nitrogens with zero attached hydrogens (tertiary/aromatic N) is 1. The Morgan fingerprint density at radius 2 is 1.68 bits per heavy atom. The molecule has 8 heteroatoms. The molecule has 0 aromatic heterocycles. The first kappa shape index (κ1) is 18.0. The van der Waals surface area contributed by atoms with Crippen LogP contribution >= 0.6 is 0 Å². The SMILES string of the molecule is Cc1cccc(CS(=O)(=O)N2CC(S(=O)(=O)c3ccc(F)cc3)C2)c1. The summed E-state index contributed by atoms with van der Waals surface area (Å²) in [6.07, 6.45) is 0. The third-order valence-corrected chi connectivity index (χ3v) is 8.11. The first-order valence-corrected chi connectivity index (χ1v) is 10.9. The molecule has 0 N–H and O–H groups in total. The van der Waals surface area contributed by atoms with E-state index in [9.17, 15) is 21.2 Å². The summed E-state index contributed by atoms with van der Waals surface area (Å²) in [6.45, 7) is 1.73. The number of rotatable bonds is 5. The van der Waals surface area contributed by atoms with Crippen molar-refractivity contribution in [3.63, 3.8) is 0 Å². The summed E-state index contributed by atoms with van der Waals surface area (Å²) in [7, 11) is -7.23. The van der Waals surface area contributed by atoms with Crippen LogP contribution in [-0.2, 0) is 25.6 Å². The van der Waals surface area contributed by atoms with Crippen LogP contribution in [0.25, 0.3) is 0 Å². The van der Waals surface area contributed by atoms with Gasteiger partial charge in [-0.2, -0.15) is 4.31 Å². The molecule has 0 bridgehead atoms. The molecule has 1 aliphatic rings. The number of aryl methyl sites for hydroxylation is 1. The Morgan fingerprint density at radius 1 is 1.04 bits per heavy atom. The van der Waals surface area contributed by atoms with Crippen LogP contribution in [0, 0.1) is 12.7 Å². The maximum absolute atomic E-state index is 12.9. The molecule has 1 heterocycles.